The fourth-order valence-electron chi connectivity index (χ4n) is 1.21. The minimum atomic E-state index is 0.0681. The van der Waals surface area contributed by atoms with Gasteiger partial charge in [0.15, 0.2) is 5.82 Å². The third kappa shape index (κ3) is 2.07. The average Bonchev–Trinajstić information content (AvgIpc) is 2.20. The SMILES string of the molecule is Nc1nc(N)nc(-c2cccc(Br)c2Cl)n1. The van der Waals surface area contributed by atoms with Crippen molar-refractivity contribution in [1.82, 2.24) is 15.0 Å². The predicted molar refractivity (Wildman–Crippen MR) is 66.8 cm³/mol. The van der Waals surface area contributed by atoms with Gasteiger partial charge in [-0.1, -0.05) is 17.7 Å². The van der Waals surface area contributed by atoms with Crippen LogP contribution in [0.4, 0.5) is 11.9 Å². The predicted octanol–water partition coefficient (Wildman–Crippen LogP) is 2.12. The number of aromatic nitrogens is 3. The molecule has 0 atom stereocenters. The topological polar surface area (TPSA) is 90.7 Å². The first-order valence-corrected chi connectivity index (χ1v) is 5.46. The van der Waals surface area contributed by atoms with E-state index in [0.29, 0.717) is 16.4 Å². The molecule has 0 saturated carbocycles. The second-order valence-electron chi connectivity index (χ2n) is 2.98. The lowest BCUT2D eigenvalue weighted by molar-refractivity contribution is 1.09. The molecular formula is C9H7BrClN5. The van der Waals surface area contributed by atoms with E-state index in [1.54, 1.807) is 6.07 Å². The second-order valence-corrected chi connectivity index (χ2v) is 4.21. The van der Waals surface area contributed by atoms with Crippen molar-refractivity contribution in [3.63, 3.8) is 0 Å². The van der Waals surface area contributed by atoms with Crippen LogP contribution >= 0.6 is 27.5 Å². The molecule has 2 rings (SSSR count). The molecule has 2 aromatic rings. The maximum atomic E-state index is 6.10. The number of nitrogen functional groups attached to an aromatic ring is 2. The van der Waals surface area contributed by atoms with E-state index < -0.39 is 0 Å². The third-order valence-electron chi connectivity index (χ3n) is 1.86. The van der Waals surface area contributed by atoms with Crippen LogP contribution < -0.4 is 11.5 Å². The first kappa shape index (κ1) is 11.1. The average molecular weight is 301 g/mol. The summed E-state index contributed by atoms with van der Waals surface area (Å²) in [5.41, 5.74) is 11.6. The normalized spacial score (nSPS) is 10.4. The van der Waals surface area contributed by atoms with Gasteiger partial charge >= 0.3 is 0 Å². The van der Waals surface area contributed by atoms with Crippen LogP contribution in [0.5, 0.6) is 0 Å². The lowest BCUT2D eigenvalue weighted by atomic mass is 10.2. The van der Waals surface area contributed by atoms with Crippen molar-refractivity contribution in [3.8, 4) is 11.4 Å². The van der Waals surface area contributed by atoms with E-state index >= 15 is 0 Å². The van der Waals surface area contributed by atoms with Crippen LogP contribution in [0.1, 0.15) is 0 Å². The number of halogens is 2. The molecule has 82 valence electrons. The summed E-state index contributed by atoms with van der Waals surface area (Å²) in [7, 11) is 0. The first-order chi connectivity index (χ1) is 7.58. The summed E-state index contributed by atoms with van der Waals surface area (Å²) in [6.07, 6.45) is 0. The Morgan fingerprint density at radius 1 is 1.06 bits per heavy atom. The second kappa shape index (κ2) is 4.23. The number of rotatable bonds is 1. The highest BCUT2D eigenvalue weighted by Crippen LogP contribution is 2.31. The van der Waals surface area contributed by atoms with E-state index in [1.165, 1.54) is 0 Å². The minimum Gasteiger partial charge on any atom is -0.368 e. The molecule has 0 saturated heterocycles. The van der Waals surface area contributed by atoms with Gasteiger partial charge in [-0.2, -0.15) is 15.0 Å². The molecule has 0 unspecified atom stereocenters. The van der Waals surface area contributed by atoms with Gasteiger partial charge in [-0.05, 0) is 28.1 Å². The van der Waals surface area contributed by atoms with Crippen molar-refractivity contribution in [2.75, 3.05) is 11.5 Å². The molecule has 0 aliphatic heterocycles. The van der Waals surface area contributed by atoms with E-state index in [-0.39, 0.29) is 11.9 Å². The van der Waals surface area contributed by atoms with Crippen molar-refractivity contribution in [2.45, 2.75) is 0 Å². The summed E-state index contributed by atoms with van der Waals surface area (Å²) >= 11 is 9.42. The van der Waals surface area contributed by atoms with Crippen molar-refractivity contribution < 1.29 is 0 Å². The maximum absolute atomic E-state index is 6.10. The fraction of sp³-hybridized carbons (Fsp3) is 0. The molecule has 1 heterocycles. The van der Waals surface area contributed by atoms with Gasteiger partial charge in [0.1, 0.15) is 0 Å². The highest BCUT2D eigenvalue weighted by molar-refractivity contribution is 9.10. The number of hydrogen-bond donors (Lipinski definition) is 2. The van der Waals surface area contributed by atoms with Crippen LogP contribution in [0.3, 0.4) is 0 Å². The molecule has 0 spiro atoms. The van der Waals surface area contributed by atoms with E-state index in [2.05, 4.69) is 30.9 Å². The molecule has 1 aromatic carbocycles. The smallest absolute Gasteiger partial charge is 0.225 e. The molecule has 0 bridgehead atoms. The molecule has 7 heteroatoms. The molecule has 1 aromatic heterocycles. The third-order valence-corrected chi connectivity index (χ3v) is 3.16. The molecule has 16 heavy (non-hydrogen) atoms. The largest absolute Gasteiger partial charge is 0.368 e. The van der Waals surface area contributed by atoms with E-state index in [0.717, 1.165) is 4.47 Å². The highest BCUT2D eigenvalue weighted by atomic mass is 79.9. The fourth-order valence-corrected chi connectivity index (χ4v) is 1.78. The van der Waals surface area contributed by atoms with Gasteiger partial charge in [-0.25, -0.2) is 0 Å². The van der Waals surface area contributed by atoms with Crippen molar-refractivity contribution in [2.24, 2.45) is 0 Å². The van der Waals surface area contributed by atoms with Crippen LogP contribution in [0.2, 0.25) is 5.02 Å². The van der Waals surface area contributed by atoms with Crippen LogP contribution in [0, 0.1) is 0 Å². The number of nitrogens with two attached hydrogens (primary N) is 2. The zero-order valence-corrected chi connectivity index (χ0v) is 10.3. The Hall–Kier alpha value is -1.40. The quantitative estimate of drug-likeness (QED) is 0.842. The Morgan fingerprint density at radius 3 is 2.31 bits per heavy atom. The summed E-state index contributed by atoms with van der Waals surface area (Å²) in [4.78, 5) is 11.6. The summed E-state index contributed by atoms with van der Waals surface area (Å²) < 4.78 is 0.754. The number of hydrogen-bond acceptors (Lipinski definition) is 5. The van der Waals surface area contributed by atoms with E-state index in [4.69, 9.17) is 23.1 Å². The van der Waals surface area contributed by atoms with E-state index in [1.807, 2.05) is 12.1 Å². The van der Waals surface area contributed by atoms with Crippen LogP contribution in [0.15, 0.2) is 22.7 Å². The van der Waals surface area contributed by atoms with Crippen LogP contribution in [-0.2, 0) is 0 Å². The minimum absolute atomic E-state index is 0.0681. The first-order valence-electron chi connectivity index (χ1n) is 4.29. The van der Waals surface area contributed by atoms with Gasteiger partial charge < -0.3 is 11.5 Å². The van der Waals surface area contributed by atoms with Gasteiger partial charge in [0.2, 0.25) is 11.9 Å². The van der Waals surface area contributed by atoms with Crippen LogP contribution in [-0.4, -0.2) is 15.0 Å². The lowest BCUT2D eigenvalue weighted by Gasteiger charge is -2.05. The Kier molecular flexibility index (Phi) is 2.93. The standard InChI is InChI=1S/C9H7BrClN5/c10-5-3-1-2-4(6(5)11)7-14-8(12)16-9(13)15-7/h1-3H,(H4,12,13,14,15,16). The molecule has 0 fully saturated rings. The Labute approximate surface area is 105 Å². The van der Waals surface area contributed by atoms with Gasteiger partial charge in [0, 0.05) is 10.0 Å². The molecule has 0 radical (unpaired) electrons. The van der Waals surface area contributed by atoms with Gasteiger partial charge in [-0.15, -0.1) is 0 Å². The molecule has 0 aliphatic carbocycles. The number of nitrogens with zero attached hydrogens (tertiary/aromatic N) is 3. The Bertz CT molecular complexity index is 525. The lowest BCUT2D eigenvalue weighted by Crippen LogP contribution is -2.04. The van der Waals surface area contributed by atoms with E-state index in [9.17, 15) is 0 Å². The van der Waals surface area contributed by atoms with Gasteiger partial charge in [0.25, 0.3) is 0 Å². The summed E-state index contributed by atoms with van der Waals surface area (Å²) in [5.74, 6) is 0.494. The Balaban J connectivity index is 2.63. The molecule has 0 aliphatic rings. The number of anilines is 2. The maximum Gasteiger partial charge on any atom is 0.225 e. The molecular weight excluding hydrogens is 293 g/mol. The summed E-state index contributed by atoms with van der Waals surface area (Å²) in [5, 5.41) is 0.507. The monoisotopic (exact) mass is 299 g/mol. The van der Waals surface area contributed by atoms with Crippen molar-refractivity contribution in [3.05, 3.63) is 27.7 Å². The van der Waals surface area contributed by atoms with Gasteiger partial charge in [0.05, 0.1) is 5.02 Å². The summed E-state index contributed by atoms with van der Waals surface area (Å²) in [6, 6.07) is 5.42. The highest BCUT2D eigenvalue weighted by Gasteiger charge is 2.10. The Morgan fingerprint density at radius 2 is 1.69 bits per heavy atom. The zero-order chi connectivity index (χ0) is 11.7. The summed E-state index contributed by atoms with van der Waals surface area (Å²) in [6.45, 7) is 0. The molecule has 0 amide bonds. The van der Waals surface area contributed by atoms with Crippen LogP contribution in [0.25, 0.3) is 11.4 Å². The zero-order valence-electron chi connectivity index (χ0n) is 7.98. The van der Waals surface area contributed by atoms with Crippen molar-refractivity contribution >= 4 is 39.4 Å². The van der Waals surface area contributed by atoms with Crippen molar-refractivity contribution in [1.29, 1.82) is 0 Å². The molecule has 5 nitrogen and oxygen atoms in total. The van der Waals surface area contributed by atoms with Gasteiger partial charge in [-0.3, -0.25) is 0 Å². The molecule has 4 N–H and O–H groups in total. The number of benzene rings is 1.